The summed E-state index contributed by atoms with van der Waals surface area (Å²) in [6, 6.07) is 0.933. The van der Waals surface area contributed by atoms with Crippen molar-refractivity contribution in [2.75, 3.05) is 18.9 Å². The smallest absolute Gasteiger partial charge is 0.382 e. The normalized spacial score (nSPS) is 39.3. The van der Waals surface area contributed by atoms with E-state index in [1.54, 1.807) is 0 Å². The van der Waals surface area contributed by atoms with Crippen LogP contribution in [0.1, 0.15) is 12.5 Å². The summed E-state index contributed by atoms with van der Waals surface area (Å²) in [4.78, 5) is 58.6. The summed E-state index contributed by atoms with van der Waals surface area (Å²) in [5.74, 6) is 0.0104. The Balaban J connectivity index is 1.28. The zero-order valence-corrected chi connectivity index (χ0v) is 23.4. The standard InChI is InChI=1S/C19H21F2N7O11P2S/c20-10-13-8(37-18(10)28-6-25-12-15(22)23-5-24-16(12)28)4-35-41(33,42)39-14-7(3-34-40(31,32)38-13)36-17(11(14)21)27-2-1-9(29)26-19(27)30/h1-2,5-8,10-11,13-14,17-18H,3-4H2,(H,31,32)(H,33,42)(H2,22,23,24)(H,26,29,30)/t7-,8-,10+,11?,13?,14+,17-,18-,41?/m1/s1. The quantitative estimate of drug-likeness (QED) is 0.256. The van der Waals surface area contributed by atoms with E-state index in [1.165, 1.54) is 6.33 Å². The van der Waals surface area contributed by atoms with Crippen LogP contribution in [0.4, 0.5) is 14.6 Å². The lowest BCUT2D eigenvalue weighted by Crippen LogP contribution is -2.38. The summed E-state index contributed by atoms with van der Waals surface area (Å²) in [5.41, 5.74) is 4.22. The summed E-state index contributed by atoms with van der Waals surface area (Å²) in [6.07, 6.45) is -11.0. The Morgan fingerprint density at radius 1 is 1.00 bits per heavy atom. The number of H-pyrrole nitrogens is 1. The maximum absolute atomic E-state index is 15.8. The van der Waals surface area contributed by atoms with E-state index in [0.717, 1.165) is 23.2 Å². The van der Waals surface area contributed by atoms with E-state index >= 15 is 8.78 Å². The van der Waals surface area contributed by atoms with Crippen LogP contribution >= 0.6 is 14.5 Å². The molecule has 228 valence electrons. The number of nitrogen functional groups attached to an aromatic ring is 1. The van der Waals surface area contributed by atoms with Crippen molar-refractivity contribution in [3.63, 3.8) is 0 Å². The predicted molar refractivity (Wildman–Crippen MR) is 137 cm³/mol. The van der Waals surface area contributed by atoms with E-state index in [-0.39, 0.29) is 17.0 Å². The number of hydrogen-bond acceptors (Lipinski definition) is 14. The molecule has 0 aliphatic carbocycles. The molecule has 0 radical (unpaired) electrons. The number of nitrogens with one attached hydrogen (secondary N) is 1. The van der Waals surface area contributed by atoms with Gasteiger partial charge in [-0.1, -0.05) is 0 Å². The molecule has 3 fully saturated rings. The first-order valence-corrected chi connectivity index (χ1v) is 16.1. The average Bonchev–Trinajstić information content (AvgIpc) is 3.57. The van der Waals surface area contributed by atoms with E-state index in [1.807, 2.05) is 4.98 Å². The molecule has 0 spiro atoms. The predicted octanol–water partition coefficient (Wildman–Crippen LogP) is -0.436. The Kier molecular flexibility index (Phi) is 7.64. The molecule has 0 aromatic carbocycles. The van der Waals surface area contributed by atoms with Gasteiger partial charge < -0.3 is 29.5 Å². The maximum Gasteiger partial charge on any atom is 0.472 e. The van der Waals surface area contributed by atoms with E-state index in [4.69, 9.17) is 45.1 Å². The van der Waals surface area contributed by atoms with Crippen molar-refractivity contribution in [1.82, 2.24) is 29.1 Å². The number of nitrogens with zero attached hydrogens (tertiary/aromatic N) is 5. The minimum Gasteiger partial charge on any atom is -0.382 e. The molecular formula is C19H21F2N7O11P2S. The van der Waals surface area contributed by atoms with Crippen LogP contribution in [0.3, 0.4) is 0 Å². The van der Waals surface area contributed by atoms with Crippen molar-refractivity contribution < 1.29 is 50.7 Å². The molecule has 6 rings (SSSR count). The maximum atomic E-state index is 15.8. The number of halogens is 2. The highest BCUT2D eigenvalue weighted by molar-refractivity contribution is 8.07. The summed E-state index contributed by atoms with van der Waals surface area (Å²) < 4.78 is 78.1. The lowest BCUT2D eigenvalue weighted by atomic mass is 10.1. The fourth-order valence-electron chi connectivity index (χ4n) is 4.74. The summed E-state index contributed by atoms with van der Waals surface area (Å²) >= 11 is 5.02. The molecule has 10 atom stereocenters. The highest BCUT2D eigenvalue weighted by Crippen LogP contribution is 2.54. The second-order valence-electron chi connectivity index (χ2n) is 9.29. The summed E-state index contributed by atoms with van der Waals surface area (Å²) in [5, 5.41) is 0. The third-order valence-corrected chi connectivity index (χ3v) is 9.18. The Morgan fingerprint density at radius 3 is 2.33 bits per heavy atom. The lowest BCUT2D eigenvalue weighted by molar-refractivity contribution is -0.0636. The van der Waals surface area contributed by atoms with E-state index in [9.17, 15) is 23.9 Å². The molecule has 3 aromatic heterocycles. The molecule has 0 saturated carbocycles. The Morgan fingerprint density at radius 2 is 1.64 bits per heavy atom. The lowest BCUT2D eigenvalue weighted by Gasteiger charge is -2.28. The number of phosphoric acid groups is 1. The molecule has 23 heteroatoms. The number of anilines is 1. The van der Waals surface area contributed by atoms with Gasteiger partial charge in [-0.25, -0.2) is 33.1 Å². The van der Waals surface area contributed by atoms with Gasteiger partial charge >= 0.3 is 20.2 Å². The van der Waals surface area contributed by atoms with Gasteiger partial charge in [0.1, 0.15) is 36.3 Å². The summed E-state index contributed by atoms with van der Waals surface area (Å²) in [7, 11) is -5.11. The van der Waals surface area contributed by atoms with Gasteiger partial charge in [0.25, 0.3) is 5.56 Å². The number of ether oxygens (including phenoxy) is 2. The van der Waals surface area contributed by atoms with Gasteiger partial charge in [0, 0.05) is 12.3 Å². The largest absolute Gasteiger partial charge is 0.472 e. The second-order valence-corrected chi connectivity index (χ2v) is 13.5. The molecule has 4 unspecified atom stereocenters. The zero-order chi connectivity index (χ0) is 30.0. The van der Waals surface area contributed by atoms with Crippen molar-refractivity contribution in [2.45, 2.75) is 49.2 Å². The molecule has 42 heavy (non-hydrogen) atoms. The van der Waals surface area contributed by atoms with Crippen molar-refractivity contribution in [2.24, 2.45) is 0 Å². The number of aromatic amines is 1. The number of phosphoric ester groups is 1. The van der Waals surface area contributed by atoms with Gasteiger partial charge in [0.2, 0.25) is 0 Å². The molecule has 3 aliphatic rings. The Labute approximate surface area is 237 Å². The number of aromatic nitrogens is 6. The highest BCUT2D eigenvalue weighted by atomic mass is 32.5. The molecule has 0 bridgehead atoms. The van der Waals surface area contributed by atoms with Crippen LogP contribution in [0.2, 0.25) is 0 Å². The second kappa shape index (κ2) is 10.9. The number of rotatable bonds is 2. The van der Waals surface area contributed by atoms with Crippen molar-refractivity contribution in [3.05, 3.63) is 45.8 Å². The van der Waals surface area contributed by atoms with Crippen LogP contribution in [0.15, 0.2) is 34.5 Å². The van der Waals surface area contributed by atoms with Gasteiger partial charge in [-0.15, -0.1) is 0 Å². The molecule has 18 nitrogen and oxygen atoms in total. The monoisotopic (exact) mass is 655 g/mol. The van der Waals surface area contributed by atoms with Crippen LogP contribution in [0.5, 0.6) is 0 Å². The first-order chi connectivity index (χ1) is 19.8. The third-order valence-electron chi connectivity index (χ3n) is 6.63. The van der Waals surface area contributed by atoms with Crippen molar-refractivity contribution in [1.29, 1.82) is 0 Å². The van der Waals surface area contributed by atoms with Crippen molar-refractivity contribution >= 4 is 43.3 Å². The molecule has 6 heterocycles. The average molecular weight is 655 g/mol. The molecule has 3 aliphatic heterocycles. The Bertz CT molecular complexity index is 1730. The molecule has 0 amide bonds. The van der Waals surface area contributed by atoms with Gasteiger partial charge in [0.15, 0.2) is 36.3 Å². The van der Waals surface area contributed by atoms with Crippen LogP contribution < -0.4 is 17.0 Å². The summed E-state index contributed by atoms with van der Waals surface area (Å²) in [6.45, 7) is -5.98. The number of fused-ring (bicyclic) bond motifs is 3. The van der Waals surface area contributed by atoms with E-state index in [2.05, 4.69) is 15.0 Å². The number of nitrogens with two attached hydrogens (primary N) is 1. The molecule has 3 aromatic rings. The van der Waals surface area contributed by atoms with Crippen LogP contribution in [0, 0.1) is 0 Å². The third kappa shape index (κ3) is 5.46. The minimum atomic E-state index is -5.11. The first-order valence-electron chi connectivity index (χ1n) is 12.0. The van der Waals surface area contributed by atoms with Gasteiger partial charge in [-0.2, -0.15) is 0 Å². The molecule has 5 N–H and O–H groups in total. The van der Waals surface area contributed by atoms with Gasteiger partial charge in [-0.3, -0.25) is 32.5 Å². The fourth-order valence-corrected chi connectivity index (χ4v) is 7.14. The van der Waals surface area contributed by atoms with Gasteiger partial charge in [0.05, 0.1) is 19.5 Å². The first kappa shape index (κ1) is 29.5. The zero-order valence-electron chi connectivity index (χ0n) is 20.8. The van der Waals surface area contributed by atoms with Gasteiger partial charge in [-0.05, 0) is 11.8 Å². The van der Waals surface area contributed by atoms with E-state index in [0.29, 0.717) is 4.57 Å². The fraction of sp³-hybridized carbons (Fsp3) is 0.526. The number of alkyl halides is 2. The minimum absolute atomic E-state index is 0.0104. The number of hydrogen-bond donors (Lipinski definition) is 4. The van der Waals surface area contributed by atoms with Crippen LogP contribution in [0.25, 0.3) is 11.2 Å². The highest BCUT2D eigenvalue weighted by Gasteiger charge is 2.54. The Hall–Kier alpha value is -2.55. The number of imidazole rings is 1. The SMILES string of the molecule is Nc1ncnc2c1ncn2[C@@H]1O[C@@H]2COP(O)(=S)O[C@@H]3C(F)[C@H](n4ccc(=O)[nH]c4=O)O[C@@H]3COP(=O)(O)OC2[C@@H]1F. The molecular weight excluding hydrogens is 634 g/mol. The van der Waals surface area contributed by atoms with Crippen LogP contribution in [-0.2, 0) is 43.9 Å². The molecule has 3 saturated heterocycles. The topological polar surface area (TPSA) is 237 Å². The van der Waals surface area contributed by atoms with Crippen LogP contribution in [-0.4, -0.2) is 88.8 Å². The van der Waals surface area contributed by atoms with Crippen molar-refractivity contribution in [3.8, 4) is 0 Å². The van der Waals surface area contributed by atoms with E-state index < -0.39 is 88.2 Å².